The van der Waals surface area contributed by atoms with Crippen molar-refractivity contribution in [2.45, 2.75) is 6.61 Å². The van der Waals surface area contributed by atoms with Gasteiger partial charge in [-0.3, -0.25) is 4.79 Å². The summed E-state index contributed by atoms with van der Waals surface area (Å²) in [4.78, 5) is 18.3. The van der Waals surface area contributed by atoms with Crippen molar-refractivity contribution in [3.63, 3.8) is 0 Å². The Morgan fingerprint density at radius 2 is 1.78 bits per heavy atom. The number of hydrogen-bond donors (Lipinski definition) is 0. The third-order valence-electron chi connectivity index (χ3n) is 6.76. The van der Waals surface area contributed by atoms with Gasteiger partial charge in [-0.1, -0.05) is 24.3 Å². The van der Waals surface area contributed by atoms with E-state index >= 15 is 0 Å². The lowest BCUT2D eigenvalue weighted by Gasteiger charge is -2.08. The van der Waals surface area contributed by atoms with Crippen molar-refractivity contribution in [1.29, 1.82) is 0 Å². The smallest absolute Gasteiger partial charge is 0.282 e. The molecule has 4 aromatic carbocycles. The second-order valence-corrected chi connectivity index (χ2v) is 9.34. The Kier molecular flexibility index (Phi) is 6.09. The number of rotatable bonds is 7. The quantitative estimate of drug-likeness (QED) is 0.227. The minimum absolute atomic E-state index is 0.235. The van der Waals surface area contributed by atoms with Crippen LogP contribution in [0.4, 0.5) is 0 Å². The van der Waals surface area contributed by atoms with Gasteiger partial charge in [0, 0.05) is 0 Å². The molecule has 7 rings (SSSR count). The molecule has 0 bridgehead atoms. The number of benzene rings is 4. The van der Waals surface area contributed by atoms with E-state index in [9.17, 15) is 4.79 Å². The monoisotopic (exact) mass is 545 g/mol. The van der Waals surface area contributed by atoms with Crippen molar-refractivity contribution in [1.82, 2.24) is 9.66 Å². The lowest BCUT2D eigenvalue weighted by atomic mass is 10.2. The molecule has 1 aliphatic rings. The fraction of sp³-hybridized carbons (Fsp3) is 0.0938. The highest BCUT2D eigenvalue weighted by Crippen LogP contribution is 2.34. The number of para-hydroxylation sites is 1. The first-order valence-corrected chi connectivity index (χ1v) is 12.9. The van der Waals surface area contributed by atoms with Crippen LogP contribution in [0.3, 0.4) is 0 Å². The van der Waals surface area contributed by atoms with Crippen molar-refractivity contribution in [2.24, 2.45) is 5.10 Å². The van der Waals surface area contributed by atoms with Gasteiger partial charge >= 0.3 is 0 Å². The molecule has 0 N–H and O–H groups in total. The molecule has 0 aliphatic carbocycles. The van der Waals surface area contributed by atoms with Crippen LogP contribution in [0.25, 0.3) is 33.5 Å². The predicted octanol–water partition coefficient (Wildman–Crippen LogP) is 6.01. The molecule has 202 valence electrons. The topological polar surface area (TPSA) is 97.3 Å². The molecule has 0 unspecified atom stereocenters. The first kappa shape index (κ1) is 24.5. The maximum absolute atomic E-state index is 13.5. The van der Waals surface area contributed by atoms with Crippen LogP contribution in [0.5, 0.6) is 23.0 Å². The van der Waals surface area contributed by atoms with Crippen molar-refractivity contribution in [2.75, 3.05) is 13.9 Å². The Morgan fingerprint density at radius 1 is 0.927 bits per heavy atom. The van der Waals surface area contributed by atoms with Crippen LogP contribution in [0.1, 0.15) is 11.1 Å². The van der Waals surface area contributed by atoms with Crippen LogP contribution in [0.2, 0.25) is 0 Å². The van der Waals surface area contributed by atoms with E-state index in [1.807, 2.05) is 72.8 Å². The minimum Gasteiger partial charge on any atom is -0.496 e. The molecule has 0 radical (unpaired) electrons. The number of methoxy groups -OCH3 is 1. The van der Waals surface area contributed by atoms with E-state index in [0.29, 0.717) is 40.4 Å². The molecule has 41 heavy (non-hydrogen) atoms. The van der Waals surface area contributed by atoms with Crippen LogP contribution in [0, 0.1) is 0 Å². The normalized spacial score (nSPS) is 12.4. The van der Waals surface area contributed by atoms with Gasteiger partial charge in [0.15, 0.2) is 17.3 Å². The minimum atomic E-state index is -0.307. The highest BCUT2D eigenvalue weighted by Gasteiger charge is 2.18. The first-order chi connectivity index (χ1) is 20.2. The molecular formula is C32H23N3O6. The molecule has 0 saturated carbocycles. The van der Waals surface area contributed by atoms with Crippen LogP contribution < -0.4 is 24.5 Å². The molecule has 0 atom stereocenters. The van der Waals surface area contributed by atoms with Crippen LogP contribution in [-0.4, -0.2) is 29.8 Å². The van der Waals surface area contributed by atoms with Crippen molar-refractivity contribution in [3.05, 3.63) is 112 Å². The summed E-state index contributed by atoms with van der Waals surface area (Å²) in [6, 6.07) is 27.7. The maximum Gasteiger partial charge on any atom is 0.282 e. The van der Waals surface area contributed by atoms with E-state index in [1.165, 1.54) is 4.68 Å². The Balaban J connectivity index is 1.18. The number of ether oxygens (including phenoxy) is 4. The van der Waals surface area contributed by atoms with E-state index in [4.69, 9.17) is 28.3 Å². The SMILES string of the molecule is COc1cccc2oc(-c3nc4ccccc4c(=O)n3N=Cc3ccc(OCc4ccc5c(c4)OCO5)cc3)cc12. The first-order valence-electron chi connectivity index (χ1n) is 12.9. The van der Waals surface area contributed by atoms with E-state index in [1.54, 1.807) is 31.5 Å². The number of hydrogen-bond acceptors (Lipinski definition) is 8. The van der Waals surface area contributed by atoms with E-state index in [0.717, 1.165) is 28.0 Å². The van der Waals surface area contributed by atoms with Crippen LogP contribution in [0.15, 0.2) is 105 Å². The summed E-state index contributed by atoms with van der Waals surface area (Å²) >= 11 is 0. The van der Waals surface area contributed by atoms with Gasteiger partial charge in [0.1, 0.15) is 23.7 Å². The molecule has 2 aromatic heterocycles. The third kappa shape index (κ3) is 4.63. The molecule has 0 amide bonds. The van der Waals surface area contributed by atoms with Crippen molar-refractivity contribution >= 4 is 28.1 Å². The summed E-state index contributed by atoms with van der Waals surface area (Å²) in [5, 5.41) is 5.76. The number of furan rings is 1. The molecule has 0 fully saturated rings. The summed E-state index contributed by atoms with van der Waals surface area (Å²) in [6.45, 7) is 0.618. The number of nitrogens with zero attached hydrogens (tertiary/aromatic N) is 3. The van der Waals surface area contributed by atoms with Gasteiger partial charge in [-0.2, -0.15) is 9.78 Å². The van der Waals surface area contributed by atoms with Gasteiger partial charge in [0.2, 0.25) is 12.6 Å². The summed E-state index contributed by atoms with van der Waals surface area (Å²) in [5.74, 6) is 3.50. The van der Waals surface area contributed by atoms with Gasteiger partial charge in [-0.15, -0.1) is 0 Å². The van der Waals surface area contributed by atoms with Crippen molar-refractivity contribution in [3.8, 4) is 34.6 Å². The largest absolute Gasteiger partial charge is 0.496 e. The molecule has 1 aliphatic heterocycles. The zero-order valence-electron chi connectivity index (χ0n) is 21.9. The summed E-state index contributed by atoms with van der Waals surface area (Å²) in [5.41, 5.74) is 2.61. The van der Waals surface area contributed by atoms with Gasteiger partial charge in [-0.25, -0.2) is 4.98 Å². The standard InChI is InChI=1S/C32H23N3O6/c1-37-26-7-4-8-27-24(26)16-30(41-27)31-34-25-6-3-2-5-23(25)32(36)35(31)33-17-20-9-12-22(13-10-20)38-18-21-11-14-28-29(15-21)40-19-39-28/h2-17H,18-19H2,1H3. The Labute approximate surface area is 233 Å². The molecule has 9 heteroatoms. The highest BCUT2D eigenvalue weighted by molar-refractivity contribution is 5.88. The lowest BCUT2D eigenvalue weighted by molar-refractivity contribution is 0.174. The number of aromatic nitrogens is 2. The number of fused-ring (bicyclic) bond motifs is 3. The Bertz CT molecular complexity index is 1990. The summed E-state index contributed by atoms with van der Waals surface area (Å²) in [6.07, 6.45) is 1.60. The second-order valence-electron chi connectivity index (χ2n) is 9.34. The molecule has 0 spiro atoms. The predicted molar refractivity (Wildman–Crippen MR) is 154 cm³/mol. The average molecular weight is 546 g/mol. The van der Waals surface area contributed by atoms with E-state index < -0.39 is 0 Å². The van der Waals surface area contributed by atoms with Gasteiger partial charge in [-0.05, 0) is 77.9 Å². The van der Waals surface area contributed by atoms with E-state index in [-0.39, 0.29) is 18.2 Å². The molecule has 3 heterocycles. The fourth-order valence-electron chi connectivity index (χ4n) is 4.68. The zero-order chi connectivity index (χ0) is 27.8. The van der Waals surface area contributed by atoms with Gasteiger partial charge < -0.3 is 23.4 Å². The lowest BCUT2D eigenvalue weighted by Crippen LogP contribution is -2.20. The van der Waals surface area contributed by atoms with Crippen molar-refractivity contribution < 1.29 is 23.4 Å². The molecule has 0 saturated heterocycles. The van der Waals surface area contributed by atoms with Gasteiger partial charge in [0.05, 0.1) is 29.6 Å². The van der Waals surface area contributed by atoms with E-state index in [2.05, 4.69) is 5.10 Å². The third-order valence-corrected chi connectivity index (χ3v) is 6.76. The Morgan fingerprint density at radius 3 is 2.66 bits per heavy atom. The highest BCUT2D eigenvalue weighted by atomic mass is 16.7. The van der Waals surface area contributed by atoms with Crippen LogP contribution in [-0.2, 0) is 6.61 Å². The van der Waals surface area contributed by atoms with Crippen LogP contribution >= 0.6 is 0 Å². The summed E-state index contributed by atoms with van der Waals surface area (Å²) < 4.78 is 29.5. The fourth-order valence-corrected chi connectivity index (χ4v) is 4.68. The van der Waals surface area contributed by atoms with Gasteiger partial charge in [0.25, 0.3) is 5.56 Å². The second kappa shape index (κ2) is 10.2. The molecular weight excluding hydrogens is 522 g/mol. The molecule has 9 nitrogen and oxygen atoms in total. The average Bonchev–Trinajstić information content (AvgIpc) is 3.67. The maximum atomic E-state index is 13.5. The Hall–Kier alpha value is -5.57. The zero-order valence-corrected chi connectivity index (χ0v) is 21.9. The molecule has 6 aromatic rings. The summed E-state index contributed by atoms with van der Waals surface area (Å²) in [7, 11) is 1.60.